The Balaban J connectivity index is 1.89. The van der Waals surface area contributed by atoms with Crippen LogP contribution >= 0.6 is 0 Å². The maximum absolute atomic E-state index is 12.6. The molecule has 2 aromatic rings. The molecule has 0 saturated heterocycles. The van der Waals surface area contributed by atoms with Crippen LogP contribution in [0.1, 0.15) is 33.3 Å². The molecule has 0 saturated carbocycles. The summed E-state index contributed by atoms with van der Waals surface area (Å²) in [4.78, 5) is 12.6. The Morgan fingerprint density at radius 3 is 2.33 bits per heavy atom. The second-order valence-electron chi connectivity index (χ2n) is 7.49. The van der Waals surface area contributed by atoms with Gasteiger partial charge in [-0.3, -0.25) is 4.79 Å². The van der Waals surface area contributed by atoms with E-state index in [2.05, 4.69) is 5.32 Å². The minimum atomic E-state index is -0.679. The quantitative estimate of drug-likeness (QED) is 0.567. The van der Waals surface area contributed by atoms with E-state index in [1.165, 1.54) is 0 Å². The van der Waals surface area contributed by atoms with Gasteiger partial charge in [0.15, 0.2) is 17.6 Å². The molecule has 0 aromatic heterocycles. The third-order valence-corrected chi connectivity index (χ3v) is 4.18. The molecule has 0 aliphatic carbocycles. The van der Waals surface area contributed by atoms with Gasteiger partial charge in [-0.15, -0.1) is 0 Å². The van der Waals surface area contributed by atoms with Crippen LogP contribution in [0.25, 0.3) is 0 Å². The van der Waals surface area contributed by atoms with Crippen LogP contribution in [-0.2, 0) is 16.0 Å². The van der Waals surface area contributed by atoms with E-state index < -0.39 is 6.10 Å². The lowest BCUT2D eigenvalue weighted by Crippen LogP contribution is -2.42. The number of benzene rings is 2. The molecule has 1 atom stereocenters. The molecule has 0 fully saturated rings. The molecule has 0 spiro atoms. The zero-order chi connectivity index (χ0) is 21.9. The number of methoxy groups -OCH3 is 1. The van der Waals surface area contributed by atoms with Crippen molar-refractivity contribution in [1.29, 1.82) is 0 Å². The molecule has 1 amide bonds. The van der Waals surface area contributed by atoms with Crippen LogP contribution in [0.3, 0.4) is 0 Å². The minimum Gasteiger partial charge on any atom is -0.493 e. The first kappa shape index (κ1) is 23.5. The third-order valence-electron chi connectivity index (χ3n) is 4.18. The van der Waals surface area contributed by atoms with Crippen molar-refractivity contribution in [2.75, 3.05) is 20.3 Å². The van der Waals surface area contributed by atoms with Crippen LogP contribution in [0.4, 0.5) is 0 Å². The van der Waals surface area contributed by atoms with Crippen molar-refractivity contribution < 1.29 is 23.7 Å². The number of para-hydroxylation sites is 1. The van der Waals surface area contributed by atoms with E-state index in [-0.39, 0.29) is 24.7 Å². The lowest BCUT2D eigenvalue weighted by Gasteiger charge is -2.20. The highest BCUT2D eigenvalue weighted by atomic mass is 16.5. The molecular formula is C24H33NO5. The summed E-state index contributed by atoms with van der Waals surface area (Å²) < 4.78 is 22.6. The maximum Gasteiger partial charge on any atom is 0.252 e. The largest absolute Gasteiger partial charge is 0.493 e. The van der Waals surface area contributed by atoms with E-state index in [9.17, 15) is 4.79 Å². The number of carbonyl (C=O) groups excluding carboxylic acids is 1. The summed E-state index contributed by atoms with van der Waals surface area (Å²) in [5, 5.41) is 2.94. The Hall–Kier alpha value is -2.73. The fourth-order valence-corrected chi connectivity index (χ4v) is 2.86. The number of nitrogens with one attached hydrogen (secondary N) is 1. The van der Waals surface area contributed by atoms with Gasteiger partial charge in [-0.25, -0.2) is 0 Å². The van der Waals surface area contributed by atoms with E-state index >= 15 is 0 Å². The summed E-state index contributed by atoms with van der Waals surface area (Å²) in [6.07, 6.45) is -0.0302. The van der Waals surface area contributed by atoms with Crippen molar-refractivity contribution in [1.82, 2.24) is 5.32 Å². The fraction of sp³-hybridized carbons (Fsp3) is 0.458. The van der Waals surface area contributed by atoms with Gasteiger partial charge in [0.2, 0.25) is 0 Å². The molecule has 0 aliphatic rings. The van der Waals surface area contributed by atoms with Crippen LogP contribution in [0.2, 0.25) is 0 Å². The molecule has 0 heterocycles. The van der Waals surface area contributed by atoms with Crippen LogP contribution in [0, 0.1) is 0 Å². The number of hydrogen-bond donors (Lipinski definition) is 1. The summed E-state index contributed by atoms with van der Waals surface area (Å²) >= 11 is 0. The molecule has 0 radical (unpaired) electrons. The first-order chi connectivity index (χ1) is 14.4. The Morgan fingerprint density at radius 2 is 1.70 bits per heavy atom. The average Bonchev–Trinajstić information content (AvgIpc) is 2.72. The van der Waals surface area contributed by atoms with Gasteiger partial charge < -0.3 is 24.3 Å². The molecule has 6 nitrogen and oxygen atoms in total. The number of amides is 1. The molecule has 164 valence electrons. The van der Waals surface area contributed by atoms with Gasteiger partial charge in [-0.2, -0.15) is 0 Å². The summed E-state index contributed by atoms with van der Waals surface area (Å²) in [6.45, 7) is 8.38. The standard InChI is InChI=1S/C24H33NO5/c1-17(2)29-21-12-11-19(15-22(21)27-5)13-14-25-24(26)23(30-18(3)4)16-28-20-9-7-6-8-10-20/h6-12,15,17-18,23H,13-14,16H2,1-5H3,(H,25,26)/t23-/m0/s1. The Kier molecular flexibility index (Phi) is 9.48. The molecule has 0 aliphatic heterocycles. The van der Waals surface area contributed by atoms with Crippen molar-refractivity contribution in [2.45, 2.75) is 52.4 Å². The first-order valence-corrected chi connectivity index (χ1v) is 10.3. The lowest BCUT2D eigenvalue weighted by atomic mass is 10.1. The molecule has 0 unspecified atom stereocenters. The predicted molar refractivity (Wildman–Crippen MR) is 117 cm³/mol. The Bertz CT molecular complexity index is 776. The number of ether oxygens (including phenoxy) is 4. The minimum absolute atomic E-state index is 0.0695. The predicted octanol–water partition coefficient (Wildman–Crippen LogP) is 4.01. The summed E-state index contributed by atoms with van der Waals surface area (Å²) in [6, 6.07) is 15.2. The topological polar surface area (TPSA) is 66.0 Å². The van der Waals surface area contributed by atoms with E-state index in [1.54, 1.807) is 7.11 Å². The summed E-state index contributed by atoms with van der Waals surface area (Å²) in [5.74, 6) is 1.92. The van der Waals surface area contributed by atoms with E-state index in [0.717, 1.165) is 5.56 Å². The van der Waals surface area contributed by atoms with Gasteiger partial charge >= 0.3 is 0 Å². The van der Waals surface area contributed by atoms with E-state index in [0.29, 0.717) is 30.2 Å². The zero-order valence-electron chi connectivity index (χ0n) is 18.5. The second kappa shape index (κ2) is 12.1. The van der Waals surface area contributed by atoms with Gasteiger partial charge in [0.05, 0.1) is 19.3 Å². The van der Waals surface area contributed by atoms with Crippen LogP contribution < -0.4 is 19.5 Å². The van der Waals surface area contributed by atoms with Crippen molar-refractivity contribution in [3.63, 3.8) is 0 Å². The maximum atomic E-state index is 12.6. The Labute approximate surface area is 179 Å². The molecule has 0 bridgehead atoms. The van der Waals surface area contributed by atoms with E-state index in [4.69, 9.17) is 18.9 Å². The van der Waals surface area contributed by atoms with Crippen molar-refractivity contribution >= 4 is 5.91 Å². The highest BCUT2D eigenvalue weighted by Gasteiger charge is 2.21. The van der Waals surface area contributed by atoms with Crippen LogP contribution in [0.15, 0.2) is 48.5 Å². The van der Waals surface area contributed by atoms with Gasteiger partial charge in [0.25, 0.3) is 5.91 Å². The average molecular weight is 416 g/mol. The Morgan fingerprint density at radius 1 is 0.967 bits per heavy atom. The molecule has 1 N–H and O–H groups in total. The van der Waals surface area contributed by atoms with Crippen LogP contribution in [0.5, 0.6) is 17.2 Å². The van der Waals surface area contributed by atoms with Gasteiger partial charge in [0.1, 0.15) is 12.4 Å². The van der Waals surface area contributed by atoms with E-state index in [1.807, 2.05) is 76.2 Å². The third kappa shape index (κ3) is 7.95. The first-order valence-electron chi connectivity index (χ1n) is 10.3. The lowest BCUT2D eigenvalue weighted by molar-refractivity contribution is -0.137. The zero-order valence-corrected chi connectivity index (χ0v) is 18.5. The fourth-order valence-electron chi connectivity index (χ4n) is 2.86. The molecule has 2 aromatic carbocycles. The molecular weight excluding hydrogens is 382 g/mol. The molecule has 2 rings (SSSR count). The molecule has 6 heteroatoms. The number of carbonyl (C=O) groups is 1. The van der Waals surface area contributed by atoms with Gasteiger partial charge in [-0.05, 0) is 63.9 Å². The normalized spacial score (nSPS) is 12.0. The van der Waals surface area contributed by atoms with Gasteiger partial charge in [0, 0.05) is 6.54 Å². The molecule has 30 heavy (non-hydrogen) atoms. The summed E-state index contributed by atoms with van der Waals surface area (Å²) in [7, 11) is 1.62. The summed E-state index contributed by atoms with van der Waals surface area (Å²) in [5.41, 5.74) is 1.05. The highest BCUT2D eigenvalue weighted by molar-refractivity contribution is 5.81. The van der Waals surface area contributed by atoms with Gasteiger partial charge in [-0.1, -0.05) is 24.3 Å². The second-order valence-corrected chi connectivity index (χ2v) is 7.49. The van der Waals surface area contributed by atoms with Crippen molar-refractivity contribution in [3.05, 3.63) is 54.1 Å². The smallest absolute Gasteiger partial charge is 0.252 e. The van der Waals surface area contributed by atoms with Crippen molar-refractivity contribution in [3.8, 4) is 17.2 Å². The van der Waals surface area contributed by atoms with Crippen molar-refractivity contribution in [2.24, 2.45) is 0 Å². The SMILES string of the molecule is COc1cc(CCNC(=O)[C@H](COc2ccccc2)OC(C)C)ccc1OC(C)C. The number of hydrogen-bond acceptors (Lipinski definition) is 5. The van der Waals surface area contributed by atoms with Crippen LogP contribution in [-0.4, -0.2) is 44.5 Å². The highest BCUT2D eigenvalue weighted by Crippen LogP contribution is 2.29. The number of rotatable bonds is 12. The monoisotopic (exact) mass is 415 g/mol.